The molecule has 2 aliphatic rings. The van der Waals surface area contributed by atoms with Crippen molar-refractivity contribution in [2.45, 2.75) is 6.04 Å². The van der Waals surface area contributed by atoms with E-state index in [1.54, 1.807) is 29.2 Å². The van der Waals surface area contributed by atoms with Crippen LogP contribution in [0.15, 0.2) is 30.3 Å². The Morgan fingerprint density at radius 2 is 1.84 bits per heavy atom. The molecular weight excluding hydrogens is 248 g/mol. The van der Waals surface area contributed by atoms with Crippen molar-refractivity contribution in [3.8, 4) is 0 Å². The third kappa shape index (κ3) is 1.95. The summed E-state index contributed by atoms with van der Waals surface area (Å²) in [6.45, 7) is 0.547. The standard InChI is InChI=1S/C13H12N2O4/c16-11-8-19-13(18)15(11)10-6-14(7-10)12(17)9-4-2-1-3-5-9/h1-5,10H,6-8H2. The fourth-order valence-electron chi connectivity index (χ4n) is 2.26. The molecule has 6 heteroatoms. The Hall–Kier alpha value is -2.37. The first-order valence-electron chi connectivity index (χ1n) is 6.00. The summed E-state index contributed by atoms with van der Waals surface area (Å²) >= 11 is 0. The number of imide groups is 1. The van der Waals surface area contributed by atoms with E-state index in [0.29, 0.717) is 18.7 Å². The number of amides is 3. The molecule has 2 saturated heterocycles. The lowest BCUT2D eigenvalue weighted by Gasteiger charge is -2.41. The van der Waals surface area contributed by atoms with E-state index in [4.69, 9.17) is 0 Å². The molecule has 0 aromatic heterocycles. The average Bonchev–Trinajstić information content (AvgIpc) is 2.70. The Morgan fingerprint density at radius 1 is 1.16 bits per heavy atom. The molecule has 0 atom stereocenters. The van der Waals surface area contributed by atoms with Gasteiger partial charge in [0.05, 0.1) is 6.04 Å². The van der Waals surface area contributed by atoms with Gasteiger partial charge in [-0.25, -0.2) is 9.69 Å². The van der Waals surface area contributed by atoms with Crippen LogP contribution in [-0.2, 0) is 9.53 Å². The third-order valence-corrected chi connectivity index (χ3v) is 3.32. The third-order valence-electron chi connectivity index (χ3n) is 3.32. The molecule has 0 aliphatic carbocycles. The van der Waals surface area contributed by atoms with Crippen molar-refractivity contribution in [1.29, 1.82) is 0 Å². The lowest BCUT2D eigenvalue weighted by atomic mass is 10.1. The molecule has 0 unspecified atom stereocenters. The molecule has 3 amide bonds. The molecule has 0 radical (unpaired) electrons. The SMILES string of the molecule is O=C(c1ccccc1)N1CC(N2C(=O)COC2=O)C1. The van der Waals surface area contributed by atoms with Crippen molar-refractivity contribution >= 4 is 17.9 Å². The van der Waals surface area contributed by atoms with E-state index in [1.807, 2.05) is 6.07 Å². The summed E-state index contributed by atoms with van der Waals surface area (Å²) in [4.78, 5) is 37.6. The van der Waals surface area contributed by atoms with Gasteiger partial charge in [-0.3, -0.25) is 9.59 Å². The zero-order chi connectivity index (χ0) is 13.4. The van der Waals surface area contributed by atoms with Gasteiger partial charge in [0.2, 0.25) is 0 Å². The highest BCUT2D eigenvalue weighted by Gasteiger charge is 2.44. The molecular formula is C13H12N2O4. The second kappa shape index (κ2) is 4.38. The maximum Gasteiger partial charge on any atom is 0.417 e. The van der Waals surface area contributed by atoms with Gasteiger partial charge in [0.1, 0.15) is 0 Å². The lowest BCUT2D eigenvalue weighted by molar-refractivity contribution is -0.129. The van der Waals surface area contributed by atoms with Crippen molar-refractivity contribution in [2.75, 3.05) is 19.7 Å². The number of cyclic esters (lactones) is 1. The van der Waals surface area contributed by atoms with Gasteiger partial charge in [-0.1, -0.05) is 18.2 Å². The van der Waals surface area contributed by atoms with Crippen LogP contribution >= 0.6 is 0 Å². The number of hydrogen-bond donors (Lipinski definition) is 0. The molecule has 3 rings (SSSR count). The molecule has 98 valence electrons. The van der Waals surface area contributed by atoms with Gasteiger partial charge >= 0.3 is 6.09 Å². The Balaban J connectivity index is 1.63. The number of carbonyl (C=O) groups excluding carboxylic acids is 3. The summed E-state index contributed by atoms with van der Waals surface area (Å²) in [7, 11) is 0. The van der Waals surface area contributed by atoms with Crippen molar-refractivity contribution in [3.63, 3.8) is 0 Å². The number of likely N-dealkylation sites (tertiary alicyclic amines) is 1. The van der Waals surface area contributed by atoms with Crippen molar-refractivity contribution in [1.82, 2.24) is 9.80 Å². The molecule has 19 heavy (non-hydrogen) atoms. The van der Waals surface area contributed by atoms with Crippen LogP contribution in [0.5, 0.6) is 0 Å². The highest BCUT2D eigenvalue weighted by Crippen LogP contribution is 2.21. The summed E-state index contributed by atoms with van der Waals surface area (Å²) in [6.07, 6.45) is -0.609. The van der Waals surface area contributed by atoms with E-state index in [1.165, 1.54) is 0 Å². The summed E-state index contributed by atoms with van der Waals surface area (Å²) in [6, 6.07) is 8.66. The Morgan fingerprint density at radius 3 is 2.42 bits per heavy atom. The summed E-state index contributed by atoms with van der Waals surface area (Å²) in [5.41, 5.74) is 0.608. The fourth-order valence-corrected chi connectivity index (χ4v) is 2.26. The number of nitrogens with zero attached hydrogens (tertiary/aromatic N) is 2. The van der Waals surface area contributed by atoms with E-state index in [9.17, 15) is 14.4 Å². The maximum atomic E-state index is 12.1. The number of carbonyl (C=O) groups is 3. The predicted molar refractivity (Wildman–Crippen MR) is 64.3 cm³/mol. The monoisotopic (exact) mass is 260 g/mol. The molecule has 1 aromatic carbocycles. The second-order valence-corrected chi connectivity index (χ2v) is 4.55. The van der Waals surface area contributed by atoms with Crippen LogP contribution in [0.1, 0.15) is 10.4 Å². The van der Waals surface area contributed by atoms with Crippen molar-refractivity contribution in [2.24, 2.45) is 0 Å². The minimum Gasteiger partial charge on any atom is -0.439 e. The van der Waals surface area contributed by atoms with Gasteiger partial charge in [-0.2, -0.15) is 0 Å². The van der Waals surface area contributed by atoms with Gasteiger partial charge in [0.15, 0.2) is 6.61 Å². The predicted octanol–water partition coefficient (Wildman–Crippen LogP) is 0.490. The number of benzene rings is 1. The fraction of sp³-hybridized carbons (Fsp3) is 0.308. The van der Waals surface area contributed by atoms with E-state index in [0.717, 1.165) is 4.90 Å². The highest BCUT2D eigenvalue weighted by atomic mass is 16.6. The van der Waals surface area contributed by atoms with Crippen LogP contribution in [-0.4, -0.2) is 53.4 Å². The molecule has 6 nitrogen and oxygen atoms in total. The van der Waals surface area contributed by atoms with Gasteiger partial charge in [0.25, 0.3) is 11.8 Å². The van der Waals surface area contributed by atoms with Crippen LogP contribution in [0.3, 0.4) is 0 Å². The van der Waals surface area contributed by atoms with Gasteiger partial charge in [-0.15, -0.1) is 0 Å². The highest BCUT2D eigenvalue weighted by molar-refractivity contribution is 5.99. The van der Waals surface area contributed by atoms with Crippen LogP contribution in [0.25, 0.3) is 0 Å². The van der Waals surface area contributed by atoms with E-state index < -0.39 is 6.09 Å². The van der Waals surface area contributed by atoms with Gasteiger partial charge in [-0.05, 0) is 12.1 Å². The first-order chi connectivity index (χ1) is 9.16. The molecule has 0 spiro atoms. The first kappa shape index (κ1) is 11.7. The van der Waals surface area contributed by atoms with Crippen molar-refractivity contribution in [3.05, 3.63) is 35.9 Å². The van der Waals surface area contributed by atoms with Crippen LogP contribution < -0.4 is 0 Å². The lowest BCUT2D eigenvalue weighted by Crippen LogP contribution is -2.62. The van der Waals surface area contributed by atoms with Gasteiger partial charge in [0, 0.05) is 18.7 Å². The largest absolute Gasteiger partial charge is 0.439 e. The average molecular weight is 260 g/mol. The minimum atomic E-state index is -0.609. The normalized spacial score (nSPS) is 19.4. The second-order valence-electron chi connectivity index (χ2n) is 4.55. The number of rotatable bonds is 2. The van der Waals surface area contributed by atoms with E-state index in [-0.39, 0.29) is 24.5 Å². The molecule has 0 bridgehead atoms. The quantitative estimate of drug-likeness (QED) is 0.776. The smallest absolute Gasteiger partial charge is 0.417 e. The summed E-state index contributed by atoms with van der Waals surface area (Å²) in [5.74, 6) is -0.418. The van der Waals surface area contributed by atoms with Crippen molar-refractivity contribution < 1.29 is 19.1 Å². The number of ether oxygens (including phenoxy) is 1. The first-order valence-corrected chi connectivity index (χ1v) is 6.00. The topological polar surface area (TPSA) is 66.9 Å². The van der Waals surface area contributed by atoms with E-state index >= 15 is 0 Å². The Kier molecular flexibility index (Phi) is 2.70. The zero-order valence-electron chi connectivity index (χ0n) is 10.1. The van der Waals surface area contributed by atoms with E-state index in [2.05, 4.69) is 4.74 Å². The van der Waals surface area contributed by atoms with Crippen LogP contribution in [0.4, 0.5) is 4.79 Å². The minimum absolute atomic E-state index is 0.0862. The Bertz CT molecular complexity index is 521. The Labute approximate surface area is 109 Å². The molecule has 0 N–H and O–H groups in total. The molecule has 2 aliphatic heterocycles. The summed E-state index contributed by atoms with van der Waals surface area (Å²) < 4.78 is 4.65. The molecule has 1 aromatic rings. The maximum absolute atomic E-state index is 12.1. The molecule has 0 saturated carbocycles. The zero-order valence-corrected chi connectivity index (χ0v) is 10.1. The summed E-state index contributed by atoms with van der Waals surface area (Å²) in [5, 5.41) is 0. The van der Waals surface area contributed by atoms with Crippen LogP contribution in [0, 0.1) is 0 Å². The number of hydrogen-bond acceptors (Lipinski definition) is 4. The van der Waals surface area contributed by atoms with Gasteiger partial charge < -0.3 is 9.64 Å². The molecule has 2 fully saturated rings. The van der Waals surface area contributed by atoms with Crippen LogP contribution in [0.2, 0.25) is 0 Å². The molecule has 2 heterocycles.